The lowest BCUT2D eigenvalue weighted by atomic mass is 10.2. The highest BCUT2D eigenvalue weighted by Gasteiger charge is 2.13. The number of hydrogen-bond acceptors (Lipinski definition) is 3. The maximum atomic E-state index is 4.68. The fraction of sp³-hybridized carbons (Fsp3) is 0. The molecular formula is C17H11BrN6. The van der Waals surface area contributed by atoms with Gasteiger partial charge in [0.2, 0.25) is 0 Å². The van der Waals surface area contributed by atoms with E-state index in [1.807, 2.05) is 41.1 Å². The summed E-state index contributed by atoms with van der Waals surface area (Å²) in [7, 11) is 0. The van der Waals surface area contributed by atoms with Gasteiger partial charge in [0.1, 0.15) is 5.69 Å². The molecule has 116 valence electrons. The lowest BCUT2D eigenvalue weighted by Gasteiger charge is -2.00. The van der Waals surface area contributed by atoms with Crippen molar-refractivity contribution in [3.05, 3.63) is 59.6 Å². The molecule has 0 radical (unpaired) electrons. The maximum absolute atomic E-state index is 4.68. The monoisotopic (exact) mass is 378 g/mol. The summed E-state index contributed by atoms with van der Waals surface area (Å²) >= 11 is 3.51. The lowest BCUT2D eigenvalue weighted by Crippen LogP contribution is -1.88. The first kappa shape index (κ1) is 13.5. The van der Waals surface area contributed by atoms with E-state index in [2.05, 4.69) is 47.1 Å². The topological polar surface area (TPSA) is 75.2 Å². The molecule has 3 heterocycles. The van der Waals surface area contributed by atoms with Crippen molar-refractivity contribution in [2.24, 2.45) is 0 Å². The van der Waals surface area contributed by atoms with E-state index in [1.54, 1.807) is 12.5 Å². The number of rotatable bonds is 2. The van der Waals surface area contributed by atoms with Crippen LogP contribution in [0, 0.1) is 0 Å². The quantitative estimate of drug-likeness (QED) is 0.486. The highest BCUT2D eigenvalue weighted by Crippen LogP contribution is 2.28. The number of H-pyrrole nitrogens is 2. The van der Waals surface area contributed by atoms with E-state index in [4.69, 9.17) is 0 Å². The molecule has 7 heteroatoms. The van der Waals surface area contributed by atoms with Crippen molar-refractivity contribution in [1.29, 1.82) is 0 Å². The van der Waals surface area contributed by atoms with Gasteiger partial charge in [-0.1, -0.05) is 15.9 Å². The fourth-order valence-electron chi connectivity index (χ4n) is 2.85. The molecule has 6 nitrogen and oxygen atoms in total. The van der Waals surface area contributed by atoms with Gasteiger partial charge in [-0.2, -0.15) is 5.10 Å². The second-order valence-electron chi connectivity index (χ2n) is 5.52. The smallest absolute Gasteiger partial charge is 0.159 e. The van der Waals surface area contributed by atoms with Gasteiger partial charge in [-0.05, 0) is 36.4 Å². The van der Waals surface area contributed by atoms with Crippen LogP contribution in [0.5, 0.6) is 0 Å². The van der Waals surface area contributed by atoms with Crippen LogP contribution in [0.3, 0.4) is 0 Å². The standard InChI is InChI=1S/C17H11BrN6/c18-10-1-3-13-12(7-10)16(23-22-13)17-20-14-4-2-11(8-15(14)21-17)24-6-5-19-9-24/h1-9H,(H,20,21)(H,22,23). The normalized spacial score (nSPS) is 11.5. The van der Waals surface area contributed by atoms with Crippen LogP contribution in [0.1, 0.15) is 0 Å². The van der Waals surface area contributed by atoms with Crippen LogP contribution < -0.4 is 0 Å². The number of nitrogens with zero attached hydrogens (tertiary/aromatic N) is 4. The number of aromatic nitrogens is 6. The van der Waals surface area contributed by atoms with E-state index >= 15 is 0 Å². The van der Waals surface area contributed by atoms with E-state index in [-0.39, 0.29) is 0 Å². The summed E-state index contributed by atoms with van der Waals surface area (Å²) in [5, 5.41) is 8.49. The van der Waals surface area contributed by atoms with E-state index in [1.165, 1.54) is 0 Å². The average Bonchev–Trinajstić information content (AvgIpc) is 3.32. The Bertz CT molecular complexity index is 1170. The van der Waals surface area contributed by atoms with Crippen molar-refractivity contribution in [1.82, 2.24) is 29.7 Å². The molecule has 3 aromatic heterocycles. The van der Waals surface area contributed by atoms with Gasteiger partial charge in [0, 0.05) is 27.9 Å². The predicted molar refractivity (Wildman–Crippen MR) is 96.0 cm³/mol. The zero-order valence-electron chi connectivity index (χ0n) is 12.4. The van der Waals surface area contributed by atoms with Gasteiger partial charge in [-0.3, -0.25) is 5.10 Å². The largest absolute Gasteiger partial charge is 0.337 e. The second-order valence-corrected chi connectivity index (χ2v) is 6.43. The molecule has 0 amide bonds. The molecule has 0 aliphatic heterocycles. The van der Waals surface area contributed by atoms with Crippen LogP contribution in [-0.2, 0) is 0 Å². The van der Waals surface area contributed by atoms with Crippen LogP contribution in [0.25, 0.3) is 39.1 Å². The lowest BCUT2D eigenvalue weighted by molar-refractivity contribution is 1.06. The van der Waals surface area contributed by atoms with Gasteiger partial charge in [0.15, 0.2) is 5.82 Å². The molecule has 24 heavy (non-hydrogen) atoms. The summed E-state index contributed by atoms with van der Waals surface area (Å²) in [6.45, 7) is 0. The predicted octanol–water partition coefficient (Wildman–Crippen LogP) is 4.05. The van der Waals surface area contributed by atoms with E-state index < -0.39 is 0 Å². The number of hydrogen-bond donors (Lipinski definition) is 2. The van der Waals surface area contributed by atoms with Crippen molar-refractivity contribution >= 4 is 37.9 Å². The van der Waals surface area contributed by atoms with Crippen LogP contribution >= 0.6 is 15.9 Å². The minimum atomic E-state index is 0.747. The molecule has 0 unspecified atom stereocenters. The summed E-state index contributed by atoms with van der Waals surface area (Å²) in [5.41, 5.74) is 4.69. The van der Waals surface area contributed by atoms with E-state index in [0.717, 1.165) is 43.6 Å². The number of halogens is 1. The average molecular weight is 379 g/mol. The number of nitrogens with one attached hydrogen (secondary N) is 2. The zero-order chi connectivity index (χ0) is 16.1. The minimum Gasteiger partial charge on any atom is -0.337 e. The van der Waals surface area contributed by atoms with Gasteiger partial charge >= 0.3 is 0 Å². The SMILES string of the molecule is Brc1ccc2[nH]nc(-c3nc4ccc(-n5ccnc5)cc4[nH]3)c2c1. The van der Waals surface area contributed by atoms with Crippen molar-refractivity contribution in [2.75, 3.05) is 0 Å². The van der Waals surface area contributed by atoms with Gasteiger partial charge in [-0.25, -0.2) is 9.97 Å². The van der Waals surface area contributed by atoms with Crippen molar-refractivity contribution < 1.29 is 0 Å². The highest BCUT2D eigenvalue weighted by atomic mass is 79.9. The Balaban J connectivity index is 1.68. The van der Waals surface area contributed by atoms with Gasteiger partial charge in [0.05, 0.1) is 22.9 Å². The molecule has 5 rings (SSSR count). The Morgan fingerprint density at radius 2 is 2.00 bits per heavy atom. The molecule has 0 spiro atoms. The Labute approximate surface area is 144 Å². The Morgan fingerprint density at radius 3 is 2.88 bits per heavy atom. The Morgan fingerprint density at radius 1 is 1.04 bits per heavy atom. The third-order valence-electron chi connectivity index (χ3n) is 4.02. The summed E-state index contributed by atoms with van der Waals surface area (Å²) in [6.07, 6.45) is 5.45. The molecule has 0 saturated carbocycles. The molecule has 0 aliphatic rings. The van der Waals surface area contributed by atoms with Crippen molar-refractivity contribution in [3.63, 3.8) is 0 Å². The van der Waals surface area contributed by atoms with E-state index in [0.29, 0.717) is 0 Å². The summed E-state index contributed by atoms with van der Waals surface area (Å²) in [5.74, 6) is 0.747. The summed E-state index contributed by atoms with van der Waals surface area (Å²) in [6, 6.07) is 12.1. The van der Waals surface area contributed by atoms with Gasteiger partial charge < -0.3 is 9.55 Å². The van der Waals surface area contributed by atoms with Crippen molar-refractivity contribution in [2.45, 2.75) is 0 Å². The number of fused-ring (bicyclic) bond motifs is 2. The maximum Gasteiger partial charge on any atom is 0.159 e. The van der Waals surface area contributed by atoms with Gasteiger partial charge in [0.25, 0.3) is 0 Å². The number of benzene rings is 2. The Hall–Kier alpha value is -2.93. The first-order valence-electron chi connectivity index (χ1n) is 7.40. The van der Waals surface area contributed by atoms with Crippen LogP contribution in [-0.4, -0.2) is 29.7 Å². The minimum absolute atomic E-state index is 0.747. The van der Waals surface area contributed by atoms with E-state index in [9.17, 15) is 0 Å². The summed E-state index contributed by atoms with van der Waals surface area (Å²) < 4.78 is 2.97. The number of aromatic amines is 2. The third-order valence-corrected chi connectivity index (χ3v) is 4.51. The molecule has 2 N–H and O–H groups in total. The number of imidazole rings is 2. The molecule has 0 saturated heterocycles. The van der Waals surface area contributed by atoms with Crippen LogP contribution in [0.2, 0.25) is 0 Å². The molecule has 5 aromatic rings. The van der Waals surface area contributed by atoms with Gasteiger partial charge in [-0.15, -0.1) is 0 Å². The molecular weight excluding hydrogens is 368 g/mol. The molecule has 2 aromatic carbocycles. The molecule has 0 aliphatic carbocycles. The van der Waals surface area contributed by atoms with Crippen LogP contribution in [0.15, 0.2) is 59.6 Å². The first-order chi connectivity index (χ1) is 11.8. The zero-order valence-corrected chi connectivity index (χ0v) is 13.9. The molecule has 0 fully saturated rings. The molecule has 0 bridgehead atoms. The molecule has 0 atom stereocenters. The summed E-state index contributed by atoms with van der Waals surface area (Å²) in [4.78, 5) is 12.1. The van der Waals surface area contributed by atoms with Crippen molar-refractivity contribution in [3.8, 4) is 17.2 Å². The Kier molecular flexibility index (Phi) is 2.83. The first-order valence-corrected chi connectivity index (χ1v) is 8.19. The second kappa shape index (κ2) is 5.04. The fourth-order valence-corrected chi connectivity index (χ4v) is 3.21. The highest BCUT2D eigenvalue weighted by molar-refractivity contribution is 9.10. The third kappa shape index (κ3) is 2.05. The van der Waals surface area contributed by atoms with Crippen LogP contribution in [0.4, 0.5) is 0 Å².